The second kappa shape index (κ2) is 7.61. The normalized spacial score (nSPS) is 21.8. The second-order valence-electron chi connectivity index (χ2n) is 6.23. The van der Waals surface area contributed by atoms with Crippen LogP contribution in [0.2, 0.25) is 0 Å². The lowest BCUT2D eigenvalue weighted by Gasteiger charge is -2.33. The zero-order valence-corrected chi connectivity index (χ0v) is 13.1. The van der Waals surface area contributed by atoms with E-state index < -0.39 is 10.8 Å². The van der Waals surface area contributed by atoms with E-state index in [-0.39, 0.29) is 5.41 Å². The van der Waals surface area contributed by atoms with Crippen molar-refractivity contribution in [3.05, 3.63) is 0 Å². The highest BCUT2D eigenvalue weighted by atomic mass is 32.2. The highest BCUT2D eigenvalue weighted by molar-refractivity contribution is 7.85. The van der Waals surface area contributed by atoms with Gasteiger partial charge in [-0.05, 0) is 31.2 Å². The largest absolute Gasteiger partial charge is 0.381 e. The van der Waals surface area contributed by atoms with E-state index in [2.05, 4.69) is 33.0 Å². The Morgan fingerprint density at radius 2 is 1.94 bits per heavy atom. The summed E-state index contributed by atoms with van der Waals surface area (Å²) in [4.78, 5) is 0. The molecule has 1 heterocycles. The van der Waals surface area contributed by atoms with Crippen molar-refractivity contribution < 1.29 is 8.95 Å². The van der Waals surface area contributed by atoms with Gasteiger partial charge < -0.3 is 10.1 Å². The number of ether oxygens (including phenoxy) is 1. The molecule has 1 rings (SSSR count). The molecule has 1 fully saturated rings. The number of nitrogens with one attached hydrogen (secondary N) is 1. The van der Waals surface area contributed by atoms with Crippen molar-refractivity contribution in [1.82, 2.24) is 5.32 Å². The summed E-state index contributed by atoms with van der Waals surface area (Å²) in [6.07, 6.45) is 3.03. The molecule has 4 heteroatoms. The second-order valence-corrected chi connectivity index (χ2v) is 7.99. The Hall–Kier alpha value is 0.0700. The molecule has 1 N–H and O–H groups in total. The van der Waals surface area contributed by atoms with Crippen LogP contribution in [0.25, 0.3) is 0 Å². The lowest BCUT2D eigenvalue weighted by Crippen LogP contribution is -2.46. The Morgan fingerprint density at radius 3 is 2.44 bits per heavy atom. The van der Waals surface area contributed by atoms with Gasteiger partial charge in [0.1, 0.15) is 0 Å². The van der Waals surface area contributed by atoms with Crippen LogP contribution in [0.15, 0.2) is 0 Å². The molecule has 2 atom stereocenters. The van der Waals surface area contributed by atoms with E-state index in [1.165, 1.54) is 0 Å². The van der Waals surface area contributed by atoms with E-state index in [1.54, 1.807) is 0 Å². The van der Waals surface area contributed by atoms with Gasteiger partial charge in [-0.25, -0.2) is 0 Å². The van der Waals surface area contributed by atoms with Crippen LogP contribution >= 0.6 is 0 Å². The fraction of sp³-hybridized carbons (Fsp3) is 1.00. The Labute approximate surface area is 115 Å². The molecule has 0 aromatic rings. The van der Waals surface area contributed by atoms with Gasteiger partial charge in [-0.1, -0.05) is 27.7 Å². The minimum atomic E-state index is -0.729. The van der Waals surface area contributed by atoms with Gasteiger partial charge in [-0.3, -0.25) is 4.21 Å². The van der Waals surface area contributed by atoms with Crippen LogP contribution in [0.5, 0.6) is 0 Å². The van der Waals surface area contributed by atoms with Gasteiger partial charge in [0.15, 0.2) is 0 Å². The minimum Gasteiger partial charge on any atom is -0.381 e. The summed E-state index contributed by atoms with van der Waals surface area (Å²) in [6, 6.07) is 0.334. The Kier molecular flexibility index (Phi) is 6.82. The van der Waals surface area contributed by atoms with Crippen molar-refractivity contribution >= 4 is 10.8 Å². The van der Waals surface area contributed by atoms with Gasteiger partial charge in [0, 0.05) is 41.1 Å². The predicted octanol–water partition coefficient (Wildman–Crippen LogP) is 2.33. The zero-order valence-electron chi connectivity index (χ0n) is 12.3. The van der Waals surface area contributed by atoms with Crippen LogP contribution in [0.3, 0.4) is 0 Å². The van der Waals surface area contributed by atoms with Crippen LogP contribution in [0, 0.1) is 5.41 Å². The maximum Gasteiger partial charge on any atom is 0.0477 e. The van der Waals surface area contributed by atoms with Crippen molar-refractivity contribution in [2.45, 2.75) is 58.2 Å². The summed E-state index contributed by atoms with van der Waals surface area (Å²) in [5, 5.41) is 3.89. The van der Waals surface area contributed by atoms with Crippen molar-refractivity contribution in [1.29, 1.82) is 0 Å². The monoisotopic (exact) mass is 275 g/mol. The van der Waals surface area contributed by atoms with Gasteiger partial charge in [-0.2, -0.15) is 0 Å². The maximum atomic E-state index is 12.4. The molecule has 0 amide bonds. The molecule has 1 aliphatic heterocycles. The maximum absolute atomic E-state index is 12.4. The zero-order chi connectivity index (χ0) is 13.6. The van der Waals surface area contributed by atoms with Gasteiger partial charge in [-0.15, -0.1) is 0 Å². The van der Waals surface area contributed by atoms with E-state index in [0.29, 0.717) is 11.3 Å². The van der Waals surface area contributed by atoms with E-state index >= 15 is 0 Å². The van der Waals surface area contributed by atoms with Crippen LogP contribution < -0.4 is 5.32 Å². The van der Waals surface area contributed by atoms with Gasteiger partial charge in [0.2, 0.25) is 0 Å². The Bertz CT molecular complexity index is 257. The fourth-order valence-electron chi connectivity index (χ4n) is 2.17. The molecule has 3 nitrogen and oxygen atoms in total. The number of hydrogen-bond acceptors (Lipinski definition) is 3. The Balaban J connectivity index is 2.50. The average Bonchev–Trinajstić information content (AvgIpc) is 2.34. The lowest BCUT2D eigenvalue weighted by molar-refractivity contribution is 0.0991. The topological polar surface area (TPSA) is 38.3 Å². The Morgan fingerprint density at radius 1 is 1.33 bits per heavy atom. The molecule has 0 spiro atoms. The summed E-state index contributed by atoms with van der Waals surface area (Å²) in [5.41, 5.74) is 0.163. The molecule has 0 aliphatic carbocycles. The highest BCUT2D eigenvalue weighted by Crippen LogP contribution is 2.22. The molecule has 0 radical (unpaired) electrons. The quantitative estimate of drug-likeness (QED) is 0.808. The molecule has 18 heavy (non-hydrogen) atoms. The van der Waals surface area contributed by atoms with E-state index in [4.69, 9.17) is 4.74 Å². The van der Waals surface area contributed by atoms with E-state index in [0.717, 1.165) is 44.8 Å². The van der Waals surface area contributed by atoms with Crippen molar-refractivity contribution in [3.8, 4) is 0 Å². The standard InChI is InChI=1S/C14H29NO2S/c1-5-8-15-13(14(2,3)4)11-18(16)12-6-9-17-10-7-12/h12-13,15H,5-11H2,1-4H3. The summed E-state index contributed by atoms with van der Waals surface area (Å²) in [6.45, 7) is 11.4. The third kappa shape index (κ3) is 5.37. The fourth-order valence-corrected chi connectivity index (χ4v) is 4.11. The number of rotatable bonds is 6. The van der Waals surface area contributed by atoms with Crippen molar-refractivity contribution in [2.75, 3.05) is 25.5 Å². The lowest BCUT2D eigenvalue weighted by atomic mass is 9.88. The first-order chi connectivity index (χ1) is 8.45. The van der Waals surface area contributed by atoms with E-state index in [1.807, 2.05) is 0 Å². The molecule has 108 valence electrons. The first-order valence-corrected chi connectivity index (χ1v) is 8.51. The van der Waals surface area contributed by atoms with Gasteiger partial charge in [0.25, 0.3) is 0 Å². The predicted molar refractivity (Wildman–Crippen MR) is 78.4 cm³/mol. The average molecular weight is 275 g/mol. The van der Waals surface area contributed by atoms with Crippen molar-refractivity contribution in [2.24, 2.45) is 5.41 Å². The van der Waals surface area contributed by atoms with Crippen LogP contribution in [-0.2, 0) is 15.5 Å². The smallest absolute Gasteiger partial charge is 0.0477 e. The minimum absolute atomic E-state index is 0.163. The van der Waals surface area contributed by atoms with Crippen LogP contribution in [0.1, 0.15) is 47.0 Å². The molecule has 0 saturated carbocycles. The molecule has 2 unspecified atom stereocenters. The first-order valence-electron chi connectivity index (χ1n) is 7.13. The third-order valence-electron chi connectivity index (χ3n) is 3.56. The SMILES string of the molecule is CCCNC(CS(=O)C1CCOCC1)C(C)(C)C. The summed E-state index contributed by atoms with van der Waals surface area (Å²) in [5.74, 6) is 0.772. The molecule has 0 aromatic heterocycles. The molecule has 0 bridgehead atoms. The molecule has 1 saturated heterocycles. The summed E-state index contributed by atoms with van der Waals surface area (Å²) < 4.78 is 17.8. The van der Waals surface area contributed by atoms with Crippen LogP contribution in [-0.4, -0.2) is 41.0 Å². The van der Waals surface area contributed by atoms with Gasteiger partial charge >= 0.3 is 0 Å². The molecular weight excluding hydrogens is 246 g/mol. The highest BCUT2D eigenvalue weighted by Gasteiger charge is 2.29. The van der Waals surface area contributed by atoms with Gasteiger partial charge in [0.05, 0.1) is 0 Å². The number of hydrogen-bond donors (Lipinski definition) is 1. The molecule has 0 aromatic carbocycles. The van der Waals surface area contributed by atoms with Crippen molar-refractivity contribution in [3.63, 3.8) is 0 Å². The summed E-state index contributed by atoms with van der Waals surface area (Å²) in [7, 11) is -0.729. The first kappa shape index (κ1) is 16.1. The van der Waals surface area contributed by atoms with Crippen LogP contribution in [0.4, 0.5) is 0 Å². The molecule has 1 aliphatic rings. The molecular formula is C14H29NO2S. The van der Waals surface area contributed by atoms with E-state index in [9.17, 15) is 4.21 Å². The summed E-state index contributed by atoms with van der Waals surface area (Å²) >= 11 is 0. The third-order valence-corrected chi connectivity index (χ3v) is 5.43.